The van der Waals surface area contributed by atoms with Crippen LogP contribution in [0.25, 0.3) is 0 Å². The van der Waals surface area contributed by atoms with Crippen LogP contribution in [0.3, 0.4) is 0 Å². The highest BCUT2D eigenvalue weighted by Gasteiger charge is 2.33. The van der Waals surface area contributed by atoms with Crippen molar-refractivity contribution in [2.45, 2.75) is 32.9 Å². The lowest BCUT2D eigenvalue weighted by Gasteiger charge is -2.18. The van der Waals surface area contributed by atoms with Crippen molar-refractivity contribution in [1.29, 1.82) is 0 Å². The lowest BCUT2D eigenvalue weighted by Crippen LogP contribution is -2.35. The first-order valence-corrected chi connectivity index (χ1v) is 9.89. The molecule has 1 unspecified atom stereocenters. The van der Waals surface area contributed by atoms with Gasteiger partial charge < -0.3 is 14.2 Å². The highest BCUT2D eigenvalue weighted by molar-refractivity contribution is 7.86. The van der Waals surface area contributed by atoms with Crippen molar-refractivity contribution in [2.75, 3.05) is 19.5 Å². The minimum absolute atomic E-state index is 0.0496. The van der Waals surface area contributed by atoms with Crippen LogP contribution in [0.4, 0.5) is 0 Å². The van der Waals surface area contributed by atoms with Gasteiger partial charge in [-0.3, -0.25) is 13.8 Å². The molecule has 1 heterocycles. The van der Waals surface area contributed by atoms with E-state index in [0.717, 1.165) is 6.26 Å². The summed E-state index contributed by atoms with van der Waals surface area (Å²) in [6, 6.07) is 4.38. The van der Waals surface area contributed by atoms with Gasteiger partial charge in [0.2, 0.25) is 5.90 Å². The van der Waals surface area contributed by atoms with E-state index in [1.807, 2.05) is 0 Å². The molecule has 1 aromatic rings. The van der Waals surface area contributed by atoms with Crippen LogP contribution in [0.1, 0.15) is 25.0 Å². The molecule has 0 aliphatic carbocycles. The van der Waals surface area contributed by atoms with E-state index in [9.17, 15) is 18.0 Å². The Morgan fingerprint density at radius 2 is 2.00 bits per heavy atom. The second kappa shape index (κ2) is 8.49. The third kappa shape index (κ3) is 6.04. The van der Waals surface area contributed by atoms with Gasteiger partial charge in [0.05, 0.1) is 6.26 Å². The molecule has 0 bridgehead atoms. The molecular formula is C17H21NO8S. The first-order chi connectivity index (χ1) is 12.6. The topological polar surface area (TPSA) is 118 Å². The summed E-state index contributed by atoms with van der Waals surface area (Å²) < 4.78 is 43.6. The quantitative estimate of drug-likeness (QED) is 0.378. The predicted octanol–water partition coefficient (Wildman–Crippen LogP) is 0.974. The van der Waals surface area contributed by atoms with Gasteiger partial charge in [0.25, 0.3) is 10.1 Å². The molecule has 0 spiro atoms. The molecule has 10 heteroatoms. The van der Waals surface area contributed by atoms with E-state index >= 15 is 0 Å². The monoisotopic (exact) mass is 399 g/mol. The number of benzene rings is 1. The van der Waals surface area contributed by atoms with E-state index in [-0.39, 0.29) is 19.1 Å². The fraction of sp³-hybridized carbons (Fsp3) is 0.471. The zero-order chi connectivity index (χ0) is 20.2. The average molecular weight is 399 g/mol. The summed E-state index contributed by atoms with van der Waals surface area (Å²) in [5.41, 5.74) is 1.24. The van der Waals surface area contributed by atoms with Crippen LogP contribution < -0.4 is 4.74 Å². The molecule has 2 atom stereocenters. The normalized spacial score (nSPS) is 17.6. The summed E-state index contributed by atoms with van der Waals surface area (Å²) in [4.78, 5) is 26.6. The van der Waals surface area contributed by atoms with Crippen LogP contribution in [0.5, 0.6) is 5.75 Å². The molecule has 1 aliphatic rings. The lowest BCUT2D eigenvalue weighted by molar-refractivity contribution is -0.143. The van der Waals surface area contributed by atoms with E-state index in [1.54, 1.807) is 25.1 Å². The van der Waals surface area contributed by atoms with E-state index < -0.39 is 34.2 Å². The molecule has 1 aliphatic heterocycles. The minimum Gasteiger partial charge on any atom is -0.475 e. The highest BCUT2D eigenvalue weighted by Crippen LogP contribution is 2.25. The van der Waals surface area contributed by atoms with Gasteiger partial charge in [-0.15, -0.1) is 0 Å². The highest BCUT2D eigenvalue weighted by atomic mass is 32.2. The number of esters is 2. The number of hydrogen-bond acceptors (Lipinski definition) is 9. The van der Waals surface area contributed by atoms with E-state index in [4.69, 9.17) is 18.4 Å². The Labute approximate surface area is 157 Å². The number of rotatable bonds is 7. The van der Waals surface area contributed by atoms with Crippen LogP contribution in [0.2, 0.25) is 0 Å². The van der Waals surface area contributed by atoms with Gasteiger partial charge in [-0.1, -0.05) is 6.07 Å². The van der Waals surface area contributed by atoms with Crippen molar-refractivity contribution in [2.24, 2.45) is 4.99 Å². The zero-order valence-electron chi connectivity index (χ0n) is 15.4. The molecule has 0 saturated carbocycles. The Kier molecular flexibility index (Phi) is 6.55. The minimum atomic E-state index is -3.79. The Morgan fingerprint density at radius 3 is 2.59 bits per heavy atom. The molecule has 2 rings (SSSR count). The number of carbonyl (C=O) groups excluding carboxylic acids is 2. The first kappa shape index (κ1) is 20.8. The molecule has 1 aromatic carbocycles. The summed E-state index contributed by atoms with van der Waals surface area (Å²) in [5.74, 6) is -0.384. The molecular weight excluding hydrogens is 378 g/mol. The summed E-state index contributed by atoms with van der Waals surface area (Å²) in [5, 5.41) is 0. The summed E-state index contributed by atoms with van der Waals surface area (Å²) in [6.07, 6.45) is -0.112. The lowest BCUT2D eigenvalue weighted by atomic mass is 10.1. The molecule has 0 aromatic heterocycles. The van der Waals surface area contributed by atoms with E-state index in [2.05, 4.69) is 4.99 Å². The van der Waals surface area contributed by atoms with Crippen LogP contribution in [0.15, 0.2) is 23.2 Å². The maximum Gasteiger partial charge on any atom is 0.308 e. The molecule has 27 heavy (non-hydrogen) atoms. The van der Waals surface area contributed by atoms with Crippen LogP contribution in [-0.2, 0) is 33.4 Å². The van der Waals surface area contributed by atoms with Crippen molar-refractivity contribution >= 4 is 28.0 Å². The average Bonchev–Trinajstić information content (AvgIpc) is 3.01. The van der Waals surface area contributed by atoms with E-state index in [0.29, 0.717) is 16.9 Å². The van der Waals surface area contributed by atoms with Crippen molar-refractivity contribution in [3.63, 3.8) is 0 Å². The fourth-order valence-electron chi connectivity index (χ4n) is 2.47. The van der Waals surface area contributed by atoms with Crippen molar-refractivity contribution < 1.29 is 36.4 Å². The summed E-state index contributed by atoms with van der Waals surface area (Å²) in [7, 11) is -3.79. The molecule has 148 valence electrons. The number of carbonyl (C=O) groups is 2. The maximum absolute atomic E-state index is 11.5. The fourth-order valence-corrected chi connectivity index (χ4v) is 3.10. The molecule has 9 nitrogen and oxygen atoms in total. The van der Waals surface area contributed by atoms with Crippen LogP contribution in [0, 0.1) is 6.92 Å². The smallest absolute Gasteiger partial charge is 0.308 e. The van der Waals surface area contributed by atoms with Crippen molar-refractivity contribution in [1.82, 2.24) is 0 Å². The van der Waals surface area contributed by atoms with Gasteiger partial charge in [-0.25, -0.2) is 4.99 Å². The molecule has 0 amide bonds. The summed E-state index contributed by atoms with van der Waals surface area (Å²) in [6.45, 7) is 4.03. The van der Waals surface area contributed by atoms with Gasteiger partial charge in [0.15, 0.2) is 0 Å². The molecule has 0 fully saturated rings. The third-order valence-electron chi connectivity index (χ3n) is 3.62. The largest absolute Gasteiger partial charge is 0.475 e. The number of hydrogen-bond donors (Lipinski definition) is 0. The van der Waals surface area contributed by atoms with Gasteiger partial charge in [0.1, 0.15) is 31.1 Å². The number of aliphatic imine (C=N–C) groups is 1. The van der Waals surface area contributed by atoms with Crippen molar-refractivity contribution in [3.8, 4) is 5.75 Å². The van der Waals surface area contributed by atoms with Gasteiger partial charge in [0, 0.05) is 25.0 Å². The molecule has 0 N–H and O–H groups in total. The summed E-state index contributed by atoms with van der Waals surface area (Å²) >= 11 is 0. The second-order valence-electron chi connectivity index (χ2n) is 5.98. The standard InChI is InChI=1S/C17H21NO8S/c1-10-13(6-5-7-15(10)25-12(3)20)17-18-14(8-24-17)16(9-23-11(2)19)26-27(4,21)22/h5-7,14,16H,8-9H2,1-4H3/t14?,16-/m0/s1. The van der Waals surface area contributed by atoms with Gasteiger partial charge in [-0.2, -0.15) is 8.42 Å². The Morgan fingerprint density at radius 1 is 1.30 bits per heavy atom. The Balaban J connectivity index is 2.27. The van der Waals surface area contributed by atoms with Gasteiger partial charge in [-0.05, 0) is 19.1 Å². The van der Waals surface area contributed by atoms with Gasteiger partial charge >= 0.3 is 11.9 Å². The Hall–Kier alpha value is -2.46. The molecule has 0 saturated heterocycles. The zero-order valence-corrected chi connectivity index (χ0v) is 16.2. The van der Waals surface area contributed by atoms with Crippen LogP contribution >= 0.6 is 0 Å². The van der Waals surface area contributed by atoms with Crippen LogP contribution in [-0.4, -0.2) is 57.9 Å². The number of nitrogens with zero attached hydrogens (tertiary/aromatic N) is 1. The third-order valence-corrected chi connectivity index (χ3v) is 4.22. The SMILES string of the molecule is CC(=O)OC[C@H](OS(C)(=O)=O)C1COC(c2cccc(OC(C)=O)c2C)=N1. The molecule has 0 radical (unpaired) electrons. The van der Waals surface area contributed by atoms with E-state index in [1.165, 1.54) is 13.8 Å². The first-order valence-electron chi connectivity index (χ1n) is 8.07. The Bertz CT molecular complexity index is 862. The second-order valence-corrected chi connectivity index (χ2v) is 7.58. The van der Waals surface area contributed by atoms with Crippen molar-refractivity contribution in [3.05, 3.63) is 29.3 Å². The predicted molar refractivity (Wildman–Crippen MR) is 95.1 cm³/mol. The number of ether oxygens (including phenoxy) is 3. The maximum atomic E-state index is 11.5.